The number of aldehydes is 1. The number of hydrogen-bond donors (Lipinski definition) is 1. The lowest BCUT2D eigenvalue weighted by molar-refractivity contribution is -0.112. The summed E-state index contributed by atoms with van der Waals surface area (Å²) in [6, 6.07) is 0. The molecule has 0 bridgehead atoms. The van der Waals surface area contributed by atoms with Gasteiger partial charge >= 0.3 is 0 Å². The topological polar surface area (TPSA) is 29.1 Å². The van der Waals surface area contributed by atoms with Crippen LogP contribution in [0.1, 0.15) is 12.8 Å². The average molecular weight is 251 g/mol. The van der Waals surface area contributed by atoms with E-state index in [9.17, 15) is 4.79 Å². The van der Waals surface area contributed by atoms with Crippen molar-refractivity contribution in [1.82, 2.24) is 5.32 Å². The molecule has 0 aromatic rings. The van der Waals surface area contributed by atoms with Crippen molar-refractivity contribution < 1.29 is 4.79 Å². The van der Waals surface area contributed by atoms with E-state index in [1.54, 1.807) is 0 Å². The van der Waals surface area contributed by atoms with Crippen molar-refractivity contribution in [2.24, 2.45) is 5.41 Å². The third kappa shape index (κ3) is 0.704. The predicted octanol–water partition coefficient (Wildman–Crippen LogP) is 0.742. The van der Waals surface area contributed by atoms with E-state index in [1.807, 2.05) is 0 Å². The molecule has 1 saturated carbocycles. The first-order valence-electron chi connectivity index (χ1n) is 3.58. The van der Waals surface area contributed by atoms with Crippen molar-refractivity contribution in [1.29, 1.82) is 0 Å². The molecule has 0 spiro atoms. The lowest BCUT2D eigenvalue weighted by Crippen LogP contribution is -2.37. The van der Waals surface area contributed by atoms with Gasteiger partial charge in [0.15, 0.2) is 0 Å². The van der Waals surface area contributed by atoms with Crippen LogP contribution in [0.3, 0.4) is 0 Å². The molecule has 1 heterocycles. The number of alkyl halides is 1. The third-order valence-electron chi connectivity index (χ3n) is 2.73. The lowest BCUT2D eigenvalue weighted by Gasteiger charge is -2.22. The Labute approximate surface area is 73.9 Å². The molecule has 1 N–H and O–H groups in total. The third-order valence-corrected chi connectivity index (χ3v) is 4.72. The summed E-state index contributed by atoms with van der Waals surface area (Å²) in [4.78, 5) is 10.7. The van der Waals surface area contributed by atoms with Gasteiger partial charge in [0.05, 0.1) is 5.41 Å². The number of carbonyl (C=O) groups is 1. The Morgan fingerprint density at radius 3 is 2.90 bits per heavy atom. The summed E-state index contributed by atoms with van der Waals surface area (Å²) in [5.41, 5.74) is 0.0197. The molecular weight excluding hydrogens is 241 g/mol. The van der Waals surface area contributed by atoms with Crippen LogP contribution in [-0.4, -0.2) is 22.8 Å². The van der Waals surface area contributed by atoms with Crippen LogP contribution in [0.15, 0.2) is 0 Å². The Kier molecular flexibility index (Phi) is 1.36. The summed E-state index contributed by atoms with van der Waals surface area (Å²) >= 11 is 2.45. The molecule has 56 valence electrons. The van der Waals surface area contributed by atoms with Gasteiger partial charge in [-0.2, -0.15) is 0 Å². The van der Waals surface area contributed by atoms with Crippen molar-refractivity contribution >= 4 is 28.9 Å². The smallest absolute Gasteiger partial charge is 0.128 e. The Morgan fingerprint density at radius 2 is 2.40 bits per heavy atom. The summed E-state index contributed by atoms with van der Waals surface area (Å²) in [6.07, 6.45) is 3.40. The molecule has 1 saturated heterocycles. The number of hydrogen-bond acceptors (Lipinski definition) is 2. The summed E-state index contributed by atoms with van der Waals surface area (Å²) in [7, 11) is 0. The Morgan fingerprint density at radius 1 is 1.60 bits per heavy atom. The van der Waals surface area contributed by atoms with Gasteiger partial charge in [0.1, 0.15) is 6.29 Å². The van der Waals surface area contributed by atoms with Crippen molar-refractivity contribution in [3.05, 3.63) is 0 Å². The molecule has 2 rings (SSSR count). The molecule has 2 fully saturated rings. The first-order chi connectivity index (χ1) is 4.72. The Bertz CT molecular complexity index is 180. The molecule has 10 heavy (non-hydrogen) atoms. The highest BCUT2D eigenvalue weighted by Crippen LogP contribution is 2.64. The minimum absolute atomic E-state index is 0.0197. The van der Waals surface area contributed by atoms with Crippen LogP contribution in [0.4, 0.5) is 0 Å². The maximum atomic E-state index is 10.7. The van der Waals surface area contributed by atoms with Gasteiger partial charge in [-0.15, -0.1) is 0 Å². The molecule has 1 aliphatic heterocycles. The molecule has 0 aromatic heterocycles. The van der Waals surface area contributed by atoms with Gasteiger partial charge in [0.2, 0.25) is 0 Å². The van der Waals surface area contributed by atoms with Crippen molar-refractivity contribution in [3.63, 3.8) is 0 Å². The molecule has 3 heteroatoms. The number of piperidine rings is 1. The van der Waals surface area contributed by atoms with Gasteiger partial charge in [-0.1, -0.05) is 22.6 Å². The fourth-order valence-corrected chi connectivity index (χ4v) is 3.07. The molecule has 0 amide bonds. The zero-order chi connectivity index (χ0) is 7.24. The second kappa shape index (κ2) is 1.94. The Hall–Kier alpha value is 0.360. The quantitative estimate of drug-likeness (QED) is 0.423. The SMILES string of the molecule is O=C[C@@]12CNCC[C@]1(I)C2. The average Bonchev–Trinajstić information content (AvgIpc) is 2.56. The largest absolute Gasteiger partial charge is 0.316 e. The van der Waals surface area contributed by atoms with E-state index < -0.39 is 0 Å². The predicted molar refractivity (Wildman–Crippen MR) is 47.4 cm³/mol. The van der Waals surface area contributed by atoms with Crippen LogP contribution in [0, 0.1) is 5.41 Å². The second-order valence-electron chi connectivity index (χ2n) is 3.34. The monoisotopic (exact) mass is 251 g/mol. The van der Waals surface area contributed by atoms with E-state index in [0.29, 0.717) is 3.42 Å². The van der Waals surface area contributed by atoms with Gasteiger partial charge in [-0.05, 0) is 19.4 Å². The second-order valence-corrected chi connectivity index (χ2v) is 5.41. The molecule has 0 radical (unpaired) electrons. The van der Waals surface area contributed by atoms with E-state index >= 15 is 0 Å². The molecule has 2 atom stereocenters. The zero-order valence-corrected chi connectivity index (χ0v) is 7.85. The zero-order valence-electron chi connectivity index (χ0n) is 5.69. The van der Waals surface area contributed by atoms with E-state index in [0.717, 1.165) is 32.2 Å². The molecular formula is C7H10INO. The summed E-state index contributed by atoms with van der Waals surface area (Å²) < 4.78 is 0.331. The lowest BCUT2D eigenvalue weighted by atomic mass is 10.0. The van der Waals surface area contributed by atoms with Crippen LogP contribution in [0.2, 0.25) is 0 Å². The van der Waals surface area contributed by atoms with Gasteiger partial charge in [0, 0.05) is 9.97 Å². The first kappa shape index (κ1) is 7.03. The molecule has 1 aliphatic carbocycles. The van der Waals surface area contributed by atoms with Gasteiger partial charge < -0.3 is 10.1 Å². The van der Waals surface area contributed by atoms with Gasteiger partial charge in [0.25, 0.3) is 0 Å². The van der Waals surface area contributed by atoms with Crippen LogP contribution in [-0.2, 0) is 4.79 Å². The molecule has 2 nitrogen and oxygen atoms in total. The highest BCUT2D eigenvalue weighted by Gasteiger charge is 2.66. The van der Waals surface area contributed by atoms with Crippen molar-refractivity contribution in [2.45, 2.75) is 16.3 Å². The number of carbonyl (C=O) groups excluding carboxylic acids is 1. The van der Waals surface area contributed by atoms with E-state index in [-0.39, 0.29) is 5.41 Å². The summed E-state index contributed by atoms with van der Waals surface area (Å²) in [6.45, 7) is 1.98. The Balaban J connectivity index is 2.20. The molecule has 0 unspecified atom stereocenters. The van der Waals surface area contributed by atoms with Crippen molar-refractivity contribution in [2.75, 3.05) is 13.1 Å². The van der Waals surface area contributed by atoms with E-state index in [1.165, 1.54) is 0 Å². The van der Waals surface area contributed by atoms with Gasteiger partial charge in [-0.3, -0.25) is 0 Å². The molecule has 0 aromatic carbocycles. The normalized spacial score (nSPS) is 51.7. The van der Waals surface area contributed by atoms with Crippen LogP contribution >= 0.6 is 22.6 Å². The van der Waals surface area contributed by atoms with E-state index in [2.05, 4.69) is 27.9 Å². The van der Waals surface area contributed by atoms with Crippen molar-refractivity contribution in [3.8, 4) is 0 Å². The maximum Gasteiger partial charge on any atom is 0.128 e. The molecule has 2 aliphatic rings. The first-order valence-corrected chi connectivity index (χ1v) is 4.66. The van der Waals surface area contributed by atoms with Gasteiger partial charge in [-0.25, -0.2) is 0 Å². The standard InChI is InChI=1S/C7H10INO/c8-7-1-2-9-4-6(7,3-7)5-10/h5,9H,1-4H2/t6-,7+/m1/s1. The minimum Gasteiger partial charge on any atom is -0.316 e. The minimum atomic E-state index is 0.0197. The fourth-order valence-electron chi connectivity index (χ4n) is 1.80. The number of nitrogens with one attached hydrogen (secondary N) is 1. The van der Waals surface area contributed by atoms with Crippen LogP contribution in [0.25, 0.3) is 0 Å². The summed E-state index contributed by atoms with van der Waals surface area (Å²) in [5.74, 6) is 0. The number of fused-ring (bicyclic) bond motifs is 1. The summed E-state index contributed by atoms with van der Waals surface area (Å²) in [5, 5.41) is 3.26. The number of halogens is 1. The fraction of sp³-hybridized carbons (Fsp3) is 0.857. The highest BCUT2D eigenvalue weighted by atomic mass is 127. The van der Waals surface area contributed by atoms with Crippen LogP contribution in [0.5, 0.6) is 0 Å². The highest BCUT2D eigenvalue weighted by molar-refractivity contribution is 14.1. The maximum absolute atomic E-state index is 10.7. The number of rotatable bonds is 1. The van der Waals surface area contributed by atoms with E-state index in [4.69, 9.17) is 0 Å². The van der Waals surface area contributed by atoms with Crippen LogP contribution < -0.4 is 5.32 Å².